The number of carbonyl (C=O) groups is 1. The molecule has 1 amide bonds. The molecule has 3 rings (SSSR count). The van der Waals surface area contributed by atoms with Crippen LogP contribution in [0.3, 0.4) is 0 Å². The van der Waals surface area contributed by atoms with E-state index in [9.17, 15) is 10.1 Å². The molecule has 0 atom stereocenters. The summed E-state index contributed by atoms with van der Waals surface area (Å²) in [6.45, 7) is 0.894. The molecule has 2 heterocycles. The summed E-state index contributed by atoms with van der Waals surface area (Å²) in [5.41, 5.74) is 1.18. The number of nitrogens with zero attached hydrogens (tertiary/aromatic N) is 3. The van der Waals surface area contributed by atoms with E-state index in [0.29, 0.717) is 37.2 Å². The standard InChI is InChI=1S/C16H14IN3O3/c17-11-1-2-14-13(7-11)15(10(8-18)9-19-14)23-12-3-5-20(6-4-12)16(21)22/h1-2,7,9,12H,3-6H2,(H,21,22). The van der Waals surface area contributed by atoms with Gasteiger partial charge in [-0.05, 0) is 40.8 Å². The lowest BCUT2D eigenvalue weighted by Gasteiger charge is -2.30. The number of fused-ring (bicyclic) bond motifs is 1. The second kappa shape index (κ2) is 6.58. The van der Waals surface area contributed by atoms with Crippen LogP contribution in [0.1, 0.15) is 18.4 Å². The van der Waals surface area contributed by atoms with Gasteiger partial charge in [0.15, 0.2) is 0 Å². The first-order chi connectivity index (χ1) is 11.1. The molecule has 1 aliphatic heterocycles. The fourth-order valence-corrected chi connectivity index (χ4v) is 3.17. The first-order valence-electron chi connectivity index (χ1n) is 7.21. The largest absolute Gasteiger partial charge is 0.488 e. The molecule has 0 saturated carbocycles. The van der Waals surface area contributed by atoms with E-state index in [4.69, 9.17) is 9.84 Å². The molecule has 1 fully saturated rings. The van der Waals surface area contributed by atoms with Crippen LogP contribution < -0.4 is 4.74 Å². The highest BCUT2D eigenvalue weighted by Gasteiger charge is 2.25. The van der Waals surface area contributed by atoms with Crippen LogP contribution in [0, 0.1) is 14.9 Å². The van der Waals surface area contributed by atoms with Crippen LogP contribution in [-0.2, 0) is 0 Å². The molecular formula is C16H14IN3O3. The highest BCUT2D eigenvalue weighted by Crippen LogP contribution is 2.31. The average molecular weight is 423 g/mol. The van der Waals surface area contributed by atoms with E-state index in [1.165, 1.54) is 11.1 Å². The molecule has 0 unspecified atom stereocenters. The van der Waals surface area contributed by atoms with Crippen LogP contribution in [0.15, 0.2) is 24.4 Å². The van der Waals surface area contributed by atoms with E-state index in [1.807, 2.05) is 18.2 Å². The van der Waals surface area contributed by atoms with Crippen molar-refractivity contribution in [1.82, 2.24) is 9.88 Å². The summed E-state index contributed by atoms with van der Waals surface area (Å²) in [5, 5.41) is 19.2. The van der Waals surface area contributed by atoms with Crippen LogP contribution >= 0.6 is 22.6 Å². The van der Waals surface area contributed by atoms with Gasteiger partial charge >= 0.3 is 6.09 Å². The van der Waals surface area contributed by atoms with Crippen molar-refractivity contribution in [3.8, 4) is 11.8 Å². The second-order valence-corrected chi connectivity index (χ2v) is 6.61. The number of hydrogen-bond donors (Lipinski definition) is 1. The maximum absolute atomic E-state index is 11.0. The maximum Gasteiger partial charge on any atom is 0.407 e. The molecule has 1 aromatic heterocycles. The predicted octanol–water partition coefficient (Wildman–Crippen LogP) is 3.23. The van der Waals surface area contributed by atoms with E-state index >= 15 is 0 Å². The number of pyridine rings is 1. The molecule has 118 valence electrons. The molecule has 1 aromatic carbocycles. The quantitative estimate of drug-likeness (QED) is 0.750. The van der Waals surface area contributed by atoms with Crippen molar-refractivity contribution in [1.29, 1.82) is 5.26 Å². The number of benzene rings is 1. The third-order valence-corrected chi connectivity index (χ3v) is 4.57. The molecule has 0 bridgehead atoms. The molecule has 0 radical (unpaired) electrons. The van der Waals surface area contributed by atoms with Gasteiger partial charge in [-0.25, -0.2) is 4.79 Å². The van der Waals surface area contributed by atoms with Gasteiger partial charge in [0, 0.05) is 41.1 Å². The Morgan fingerprint density at radius 2 is 2.17 bits per heavy atom. The van der Waals surface area contributed by atoms with E-state index in [-0.39, 0.29) is 6.10 Å². The van der Waals surface area contributed by atoms with E-state index in [0.717, 1.165) is 14.5 Å². The summed E-state index contributed by atoms with van der Waals surface area (Å²) in [5.74, 6) is 0.546. The summed E-state index contributed by atoms with van der Waals surface area (Å²) in [6.07, 6.45) is 1.76. The predicted molar refractivity (Wildman–Crippen MR) is 92.4 cm³/mol. The summed E-state index contributed by atoms with van der Waals surface area (Å²) >= 11 is 2.21. The molecule has 2 aromatic rings. The molecule has 7 heteroatoms. The van der Waals surface area contributed by atoms with E-state index in [1.54, 1.807) is 0 Å². The van der Waals surface area contributed by atoms with Crippen molar-refractivity contribution in [2.45, 2.75) is 18.9 Å². The third kappa shape index (κ3) is 3.32. The number of carboxylic acid groups (broad SMARTS) is 1. The summed E-state index contributed by atoms with van der Waals surface area (Å²) < 4.78 is 7.13. The van der Waals surface area contributed by atoms with Crippen molar-refractivity contribution in [2.24, 2.45) is 0 Å². The van der Waals surface area contributed by atoms with Crippen LogP contribution in [0.5, 0.6) is 5.75 Å². The van der Waals surface area contributed by atoms with Gasteiger partial charge < -0.3 is 14.7 Å². The highest BCUT2D eigenvalue weighted by molar-refractivity contribution is 14.1. The number of ether oxygens (including phenoxy) is 1. The molecular weight excluding hydrogens is 409 g/mol. The summed E-state index contributed by atoms with van der Waals surface area (Å²) in [4.78, 5) is 16.6. The van der Waals surface area contributed by atoms with Crippen LogP contribution in [0.4, 0.5) is 4.79 Å². The molecule has 1 N–H and O–H groups in total. The van der Waals surface area contributed by atoms with Gasteiger partial charge in [0.2, 0.25) is 0 Å². The van der Waals surface area contributed by atoms with Crippen molar-refractivity contribution in [3.63, 3.8) is 0 Å². The number of aromatic nitrogens is 1. The molecule has 1 saturated heterocycles. The molecule has 0 aliphatic carbocycles. The van der Waals surface area contributed by atoms with Crippen LogP contribution in [0.25, 0.3) is 10.9 Å². The van der Waals surface area contributed by atoms with Crippen LogP contribution in [-0.4, -0.2) is 40.3 Å². The van der Waals surface area contributed by atoms with E-state index in [2.05, 4.69) is 33.6 Å². The van der Waals surface area contributed by atoms with Gasteiger partial charge in [-0.1, -0.05) is 0 Å². The zero-order valence-electron chi connectivity index (χ0n) is 12.2. The minimum Gasteiger partial charge on any atom is -0.488 e. The molecule has 1 aliphatic rings. The Morgan fingerprint density at radius 1 is 1.43 bits per heavy atom. The number of nitriles is 1. The number of likely N-dealkylation sites (tertiary alicyclic amines) is 1. The Bertz CT molecular complexity index is 795. The number of rotatable bonds is 2. The summed E-state index contributed by atoms with van der Waals surface area (Å²) in [7, 11) is 0. The lowest BCUT2D eigenvalue weighted by molar-refractivity contribution is 0.0900. The Balaban J connectivity index is 1.89. The lowest BCUT2D eigenvalue weighted by Crippen LogP contribution is -2.41. The second-order valence-electron chi connectivity index (χ2n) is 5.36. The molecule has 23 heavy (non-hydrogen) atoms. The van der Waals surface area contributed by atoms with Gasteiger partial charge in [-0.15, -0.1) is 0 Å². The van der Waals surface area contributed by atoms with E-state index < -0.39 is 6.09 Å². The fraction of sp³-hybridized carbons (Fsp3) is 0.312. The van der Waals surface area contributed by atoms with Crippen molar-refractivity contribution in [3.05, 3.63) is 33.5 Å². The van der Waals surface area contributed by atoms with Gasteiger partial charge in [0.1, 0.15) is 23.5 Å². The van der Waals surface area contributed by atoms with Gasteiger partial charge in [-0.3, -0.25) is 4.98 Å². The van der Waals surface area contributed by atoms with Crippen molar-refractivity contribution >= 4 is 39.6 Å². The lowest BCUT2D eigenvalue weighted by atomic mass is 10.1. The zero-order chi connectivity index (χ0) is 16.4. The first kappa shape index (κ1) is 15.8. The minimum atomic E-state index is -0.898. The third-order valence-electron chi connectivity index (χ3n) is 3.90. The fourth-order valence-electron chi connectivity index (χ4n) is 2.68. The summed E-state index contributed by atoms with van der Waals surface area (Å²) in [6, 6.07) is 7.94. The SMILES string of the molecule is N#Cc1cnc2ccc(I)cc2c1OC1CCN(C(=O)O)CC1. The molecule has 6 nitrogen and oxygen atoms in total. The number of hydrogen-bond acceptors (Lipinski definition) is 4. The van der Waals surface area contributed by atoms with Crippen LogP contribution in [0.2, 0.25) is 0 Å². The van der Waals surface area contributed by atoms with Crippen molar-refractivity contribution in [2.75, 3.05) is 13.1 Å². The minimum absolute atomic E-state index is 0.0961. The molecule has 0 spiro atoms. The Labute approximate surface area is 146 Å². The van der Waals surface area contributed by atoms with Gasteiger partial charge in [0.05, 0.1) is 5.52 Å². The Kier molecular flexibility index (Phi) is 4.52. The average Bonchev–Trinajstić information content (AvgIpc) is 2.56. The number of piperidine rings is 1. The van der Waals surface area contributed by atoms with Crippen molar-refractivity contribution < 1.29 is 14.6 Å². The van der Waals surface area contributed by atoms with Gasteiger partial charge in [0.25, 0.3) is 0 Å². The highest BCUT2D eigenvalue weighted by atomic mass is 127. The normalized spacial score (nSPS) is 15.4. The number of halogens is 1. The Hall–Kier alpha value is -2.08. The Morgan fingerprint density at radius 3 is 2.83 bits per heavy atom. The zero-order valence-corrected chi connectivity index (χ0v) is 14.4. The van der Waals surface area contributed by atoms with Gasteiger partial charge in [-0.2, -0.15) is 5.26 Å². The smallest absolute Gasteiger partial charge is 0.407 e. The first-order valence-corrected chi connectivity index (χ1v) is 8.29. The number of amides is 1. The maximum atomic E-state index is 11.0. The monoisotopic (exact) mass is 423 g/mol. The topological polar surface area (TPSA) is 86.5 Å².